The molecule has 0 N–H and O–H groups in total. The molecule has 2 aromatic rings. The van der Waals surface area contributed by atoms with Gasteiger partial charge in [0.1, 0.15) is 5.69 Å². The summed E-state index contributed by atoms with van der Waals surface area (Å²) in [6.07, 6.45) is 7.67. The van der Waals surface area contributed by atoms with Crippen LogP contribution in [0.4, 0.5) is 0 Å². The monoisotopic (exact) mass is 398 g/mol. The SMILES string of the molecule is Ic1cnccc1-n1ccc[n+]1I. The largest absolute Gasteiger partial charge is 0.382 e. The molecule has 2 aromatic heterocycles. The Morgan fingerprint density at radius 2 is 2.31 bits per heavy atom. The Balaban J connectivity index is 2.59. The molecule has 0 aromatic carbocycles. The van der Waals surface area contributed by atoms with Crippen LogP contribution in [0.15, 0.2) is 36.9 Å². The first-order valence-electron chi connectivity index (χ1n) is 3.64. The summed E-state index contributed by atoms with van der Waals surface area (Å²) in [5.41, 5.74) is 1.15. The van der Waals surface area contributed by atoms with E-state index in [9.17, 15) is 0 Å². The normalized spacial score (nSPS) is 10.3. The highest BCUT2D eigenvalue weighted by atomic mass is 127. The second kappa shape index (κ2) is 3.91. The van der Waals surface area contributed by atoms with Crippen molar-refractivity contribution in [3.8, 4) is 5.69 Å². The van der Waals surface area contributed by atoms with Gasteiger partial charge in [0.05, 0.1) is 9.77 Å². The van der Waals surface area contributed by atoms with Gasteiger partial charge in [-0.2, -0.15) is 0 Å². The molecule has 0 radical (unpaired) electrons. The van der Waals surface area contributed by atoms with Gasteiger partial charge in [-0.1, -0.05) is 0 Å². The topological polar surface area (TPSA) is 21.7 Å². The van der Waals surface area contributed by atoms with E-state index in [1.807, 2.05) is 33.6 Å². The molecule has 2 heterocycles. The molecular weight excluding hydrogens is 392 g/mol. The van der Waals surface area contributed by atoms with E-state index >= 15 is 0 Å². The van der Waals surface area contributed by atoms with Gasteiger partial charge in [0.2, 0.25) is 6.20 Å². The van der Waals surface area contributed by atoms with E-state index in [-0.39, 0.29) is 0 Å². The Labute approximate surface area is 103 Å². The summed E-state index contributed by atoms with van der Waals surface area (Å²) in [6.45, 7) is 0. The van der Waals surface area contributed by atoms with Gasteiger partial charge in [0.25, 0.3) is 0 Å². The first-order chi connectivity index (χ1) is 6.29. The van der Waals surface area contributed by atoms with Gasteiger partial charge in [-0.05, 0) is 31.6 Å². The van der Waals surface area contributed by atoms with Crippen LogP contribution in [-0.4, -0.2) is 9.67 Å². The highest BCUT2D eigenvalue weighted by Gasteiger charge is 2.09. The molecule has 5 heteroatoms. The zero-order valence-electron chi connectivity index (χ0n) is 6.56. The van der Waals surface area contributed by atoms with Crippen molar-refractivity contribution in [2.75, 3.05) is 0 Å². The molecule has 0 spiro atoms. The molecule has 0 aliphatic rings. The molecule has 0 unspecified atom stereocenters. The Hall–Kier alpha value is -0.180. The Morgan fingerprint density at radius 1 is 1.46 bits per heavy atom. The van der Waals surface area contributed by atoms with Gasteiger partial charge < -0.3 is 0 Å². The zero-order valence-corrected chi connectivity index (χ0v) is 10.9. The summed E-state index contributed by atoms with van der Waals surface area (Å²) in [7, 11) is 0. The Kier molecular flexibility index (Phi) is 2.82. The third-order valence-electron chi connectivity index (χ3n) is 1.64. The summed E-state index contributed by atoms with van der Waals surface area (Å²) in [5.74, 6) is 0. The van der Waals surface area contributed by atoms with Crippen molar-refractivity contribution in [2.45, 2.75) is 0 Å². The lowest BCUT2D eigenvalue weighted by Gasteiger charge is -1.99. The summed E-state index contributed by atoms with van der Waals surface area (Å²) < 4.78 is 5.20. The lowest BCUT2D eigenvalue weighted by molar-refractivity contribution is -0.531. The van der Waals surface area contributed by atoms with E-state index in [1.54, 1.807) is 6.20 Å². The minimum atomic E-state index is 1.14. The molecule has 0 aliphatic carbocycles. The number of hydrogen-bond donors (Lipinski definition) is 0. The number of halogens is 2. The first kappa shape index (κ1) is 9.38. The van der Waals surface area contributed by atoms with Crippen LogP contribution in [0.1, 0.15) is 0 Å². The van der Waals surface area contributed by atoms with Gasteiger partial charge in [0.15, 0.2) is 0 Å². The standard InChI is InChI=1S/C8H6I2N3/c9-7-6-11-3-2-8(7)12-4-1-5-13(12)10/h1-6H/q+1. The van der Waals surface area contributed by atoms with Gasteiger partial charge in [-0.3, -0.25) is 4.98 Å². The number of rotatable bonds is 1. The van der Waals surface area contributed by atoms with Crippen LogP contribution in [0.5, 0.6) is 0 Å². The fourth-order valence-corrected chi connectivity index (χ4v) is 2.21. The maximum atomic E-state index is 4.05. The fourth-order valence-electron chi connectivity index (χ4n) is 1.06. The molecular formula is C8H6I2N3+. The third kappa shape index (κ3) is 1.85. The smallest absolute Gasteiger partial charge is 0.263 e. The van der Waals surface area contributed by atoms with Crippen molar-refractivity contribution in [2.24, 2.45) is 0 Å². The molecule has 0 fully saturated rings. The van der Waals surface area contributed by atoms with Gasteiger partial charge in [-0.15, -0.1) is 4.68 Å². The van der Waals surface area contributed by atoms with Crippen molar-refractivity contribution >= 4 is 45.5 Å². The average Bonchev–Trinajstić information content (AvgIpc) is 2.52. The van der Waals surface area contributed by atoms with Crippen molar-refractivity contribution in [3.63, 3.8) is 0 Å². The molecule has 0 saturated heterocycles. The van der Waals surface area contributed by atoms with Crippen LogP contribution < -0.4 is 2.90 Å². The highest BCUT2D eigenvalue weighted by molar-refractivity contribution is 14.1. The molecule has 0 saturated carbocycles. The molecule has 2 rings (SSSR count). The second-order valence-corrected chi connectivity index (χ2v) is 4.60. The highest BCUT2D eigenvalue weighted by Crippen LogP contribution is 2.13. The van der Waals surface area contributed by atoms with Crippen molar-refractivity contribution in [1.29, 1.82) is 0 Å². The summed E-state index contributed by atoms with van der Waals surface area (Å²) in [5, 5.41) is 0. The van der Waals surface area contributed by atoms with Gasteiger partial charge >= 0.3 is 22.9 Å². The lowest BCUT2D eigenvalue weighted by Crippen LogP contribution is -2.29. The van der Waals surface area contributed by atoms with Crippen molar-refractivity contribution in [3.05, 3.63) is 40.5 Å². The molecule has 13 heavy (non-hydrogen) atoms. The summed E-state index contributed by atoms with van der Waals surface area (Å²) in [6, 6.07) is 4.00. The molecule has 3 nitrogen and oxygen atoms in total. The van der Waals surface area contributed by atoms with Crippen molar-refractivity contribution < 1.29 is 2.90 Å². The quantitative estimate of drug-likeness (QED) is 0.674. The van der Waals surface area contributed by atoms with E-state index in [4.69, 9.17) is 0 Å². The summed E-state index contributed by atoms with van der Waals surface area (Å²) >= 11 is 4.51. The van der Waals surface area contributed by atoms with Crippen molar-refractivity contribution in [1.82, 2.24) is 9.67 Å². The van der Waals surface area contributed by atoms with Crippen LogP contribution in [-0.2, 0) is 0 Å². The fraction of sp³-hybridized carbons (Fsp3) is 0. The molecule has 0 amide bonds. The van der Waals surface area contributed by atoms with Gasteiger partial charge in [-0.25, -0.2) is 0 Å². The minimum Gasteiger partial charge on any atom is -0.263 e. The Morgan fingerprint density at radius 3 is 2.92 bits per heavy atom. The van der Waals surface area contributed by atoms with E-state index in [0.29, 0.717) is 0 Å². The average molecular weight is 398 g/mol. The predicted molar refractivity (Wildman–Crippen MR) is 65.9 cm³/mol. The summed E-state index contributed by atoms with van der Waals surface area (Å²) in [4.78, 5) is 4.05. The van der Waals surface area contributed by atoms with E-state index < -0.39 is 0 Å². The lowest BCUT2D eigenvalue weighted by atomic mass is 10.4. The van der Waals surface area contributed by atoms with Crippen LogP contribution in [0, 0.1) is 3.57 Å². The van der Waals surface area contributed by atoms with E-state index in [2.05, 4.69) is 55.1 Å². The predicted octanol–water partition coefficient (Wildman–Crippen LogP) is 1.96. The van der Waals surface area contributed by atoms with Crippen LogP contribution in [0.2, 0.25) is 0 Å². The van der Waals surface area contributed by atoms with E-state index in [0.717, 1.165) is 9.26 Å². The number of pyridine rings is 1. The maximum absolute atomic E-state index is 4.05. The third-order valence-corrected chi connectivity index (χ3v) is 3.26. The van der Waals surface area contributed by atoms with E-state index in [1.165, 1.54) is 0 Å². The maximum Gasteiger partial charge on any atom is 0.382 e. The van der Waals surface area contributed by atoms with Crippen LogP contribution >= 0.6 is 45.5 Å². The number of hydrogen-bond acceptors (Lipinski definition) is 1. The zero-order chi connectivity index (χ0) is 9.26. The number of aromatic nitrogens is 3. The van der Waals surface area contributed by atoms with Crippen LogP contribution in [0.25, 0.3) is 5.69 Å². The van der Waals surface area contributed by atoms with Gasteiger partial charge in [0, 0.05) is 18.5 Å². The molecule has 0 bridgehead atoms. The molecule has 0 atom stereocenters. The first-order valence-corrected chi connectivity index (χ1v) is 5.69. The molecule has 66 valence electrons. The number of nitrogens with zero attached hydrogens (tertiary/aromatic N) is 3. The Bertz CT molecular complexity index is 425. The van der Waals surface area contributed by atoms with Crippen LogP contribution in [0.3, 0.4) is 0 Å². The minimum absolute atomic E-state index is 1.14. The second-order valence-electron chi connectivity index (χ2n) is 2.45. The molecule has 0 aliphatic heterocycles.